The lowest BCUT2D eigenvalue weighted by molar-refractivity contribution is -0.0259. The second-order valence-electron chi connectivity index (χ2n) is 5.34. The Morgan fingerprint density at radius 3 is 3.06 bits per heavy atom. The number of ether oxygens (including phenoxy) is 1. The van der Waals surface area contributed by atoms with E-state index in [4.69, 9.17) is 4.74 Å². The Bertz CT molecular complexity index is 407. The molecule has 100 valence electrons. The third-order valence-electron chi connectivity index (χ3n) is 3.59. The first-order chi connectivity index (χ1) is 8.72. The van der Waals surface area contributed by atoms with Gasteiger partial charge < -0.3 is 15.0 Å². The van der Waals surface area contributed by atoms with Crippen LogP contribution in [0.5, 0.6) is 0 Å². The minimum atomic E-state index is 0.233. The number of aromatic nitrogens is 2. The number of likely N-dealkylation sites (N-methyl/N-ethyl adjacent to an activating group) is 1. The highest BCUT2D eigenvalue weighted by atomic mass is 32.1. The normalized spacial score (nSPS) is 27.1. The van der Waals surface area contributed by atoms with Crippen LogP contribution in [0.25, 0.3) is 0 Å². The lowest BCUT2D eigenvalue weighted by Crippen LogP contribution is -2.47. The van der Waals surface area contributed by atoms with Crippen molar-refractivity contribution in [1.29, 1.82) is 0 Å². The van der Waals surface area contributed by atoms with Gasteiger partial charge in [0.2, 0.25) is 5.13 Å². The molecule has 2 fully saturated rings. The summed E-state index contributed by atoms with van der Waals surface area (Å²) in [6.45, 7) is 4.97. The van der Waals surface area contributed by atoms with E-state index in [0.717, 1.165) is 30.7 Å². The van der Waals surface area contributed by atoms with Crippen molar-refractivity contribution >= 4 is 16.7 Å². The average Bonchev–Trinajstić information content (AvgIpc) is 3.11. The quantitative estimate of drug-likeness (QED) is 0.898. The lowest BCUT2D eigenvalue weighted by atomic mass is 10.1. The van der Waals surface area contributed by atoms with Crippen LogP contribution >= 0.6 is 11.5 Å². The Labute approximate surface area is 112 Å². The summed E-state index contributed by atoms with van der Waals surface area (Å²) >= 11 is 1.47. The molecule has 1 saturated carbocycles. The van der Waals surface area contributed by atoms with Gasteiger partial charge in [-0.3, -0.25) is 0 Å². The minimum absolute atomic E-state index is 0.233. The monoisotopic (exact) mass is 268 g/mol. The maximum absolute atomic E-state index is 5.80. The summed E-state index contributed by atoms with van der Waals surface area (Å²) < 4.78 is 10.2. The molecule has 1 aliphatic heterocycles. The molecule has 1 aliphatic carbocycles. The van der Waals surface area contributed by atoms with E-state index in [-0.39, 0.29) is 12.1 Å². The van der Waals surface area contributed by atoms with Crippen LogP contribution in [0, 0.1) is 0 Å². The summed E-state index contributed by atoms with van der Waals surface area (Å²) in [5.41, 5.74) is 0. The van der Waals surface area contributed by atoms with Crippen LogP contribution in [0.2, 0.25) is 0 Å². The van der Waals surface area contributed by atoms with Crippen molar-refractivity contribution in [2.45, 2.75) is 37.8 Å². The predicted octanol–water partition coefficient (Wildman–Crippen LogP) is 1.55. The Morgan fingerprint density at radius 2 is 2.33 bits per heavy atom. The molecule has 2 unspecified atom stereocenters. The number of rotatable bonds is 4. The fourth-order valence-electron chi connectivity index (χ4n) is 2.20. The summed E-state index contributed by atoms with van der Waals surface area (Å²) in [4.78, 5) is 6.86. The summed E-state index contributed by atoms with van der Waals surface area (Å²) in [7, 11) is 2.14. The van der Waals surface area contributed by atoms with Gasteiger partial charge in [-0.2, -0.15) is 4.37 Å². The van der Waals surface area contributed by atoms with Crippen LogP contribution in [0.15, 0.2) is 0 Å². The molecule has 0 amide bonds. The van der Waals surface area contributed by atoms with Crippen LogP contribution in [0.1, 0.15) is 31.5 Å². The summed E-state index contributed by atoms with van der Waals surface area (Å²) in [5.74, 6) is 1.65. The zero-order valence-electron chi connectivity index (χ0n) is 10.9. The van der Waals surface area contributed by atoms with Gasteiger partial charge in [0.05, 0.1) is 18.8 Å². The van der Waals surface area contributed by atoms with Crippen LogP contribution in [0.3, 0.4) is 0 Å². The van der Waals surface area contributed by atoms with Gasteiger partial charge in [0.1, 0.15) is 5.82 Å². The second-order valence-corrected chi connectivity index (χ2v) is 6.09. The molecule has 0 aromatic carbocycles. The van der Waals surface area contributed by atoms with Crippen molar-refractivity contribution in [3.05, 3.63) is 5.82 Å². The zero-order chi connectivity index (χ0) is 12.5. The summed E-state index contributed by atoms with van der Waals surface area (Å²) in [5, 5.41) is 4.36. The maximum Gasteiger partial charge on any atom is 0.202 e. The SMILES string of the molecule is CC(Nc1nc(C2CC2)ns1)C1CN(C)CCO1. The Balaban J connectivity index is 1.56. The molecule has 0 radical (unpaired) electrons. The van der Waals surface area contributed by atoms with E-state index in [9.17, 15) is 0 Å². The first-order valence-corrected chi connectivity index (χ1v) is 7.40. The van der Waals surface area contributed by atoms with Crippen molar-refractivity contribution in [2.75, 3.05) is 32.1 Å². The summed E-state index contributed by atoms with van der Waals surface area (Å²) in [6.07, 6.45) is 2.74. The van der Waals surface area contributed by atoms with Crippen LogP contribution in [-0.2, 0) is 4.74 Å². The van der Waals surface area contributed by atoms with E-state index in [1.54, 1.807) is 0 Å². The van der Waals surface area contributed by atoms with E-state index in [0.29, 0.717) is 5.92 Å². The lowest BCUT2D eigenvalue weighted by Gasteiger charge is -2.33. The van der Waals surface area contributed by atoms with E-state index < -0.39 is 0 Å². The number of nitrogens with zero attached hydrogens (tertiary/aromatic N) is 3. The van der Waals surface area contributed by atoms with Gasteiger partial charge in [0.25, 0.3) is 0 Å². The minimum Gasteiger partial charge on any atom is -0.373 e. The first kappa shape index (κ1) is 12.3. The third kappa shape index (κ3) is 2.81. The fraction of sp³-hybridized carbons (Fsp3) is 0.833. The van der Waals surface area contributed by atoms with Crippen LogP contribution < -0.4 is 5.32 Å². The second kappa shape index (κ2) is 5.11. The molecule has 0 bridgehead atoms. The number of nitrogens with one attached hydrogen (secondary N) is 1. The molecule has 1 saturated heterocycles. The molecule has 1 aromatic rings. The highest BCUT2D eigenvalue weighted by molar-refractivity contribution is 7.09. The van der Waals surface area contributed by atoms with Crippen molar-refractivity contribution in [3.8, 4) is 0 Å². The largest absolute Gasteiger partial charge is 0.373 e. The zero-order valence-corrected chi connectivity index (χ0v) is 11.7. The van der Waals surface area contributed by atoms with E-state index in [2.05, 4.69) is 33.5 Å². The van der Waals surface area contributed by atoms with Crippen molar-refractivity contribution < 1.29 is 4.74 Å². The highest BCUT2D eigenvalue weighted by Crippen LogP contribution is 2.39. The van der Waals surface area contributed by atoms with Crippen molar-refractivity contribution in [2.24, 2.45) is 0 Å². The van der Waals surface area contributed by atoms with Crippen LogP contribution in [0.4, 0.5) is 5.13 Å². The molecule has 1 aromatic heterocycles. The molecule has 1 N–H and O–H groups in total. The fourth-order valence-corrected chi connectivity index (χ4v) is 2.94. The third-order valence-corrected chi connectivity index (χ3v) is 4.25. The van der Waals surface area contributed by atoms with Gasteiger partial charge in [0, 0.05) is 30.5 Å². The molecule has 18 heavy (non-hydrogen) atoms. The first-order valence-electron chi connectivity index (χ1n) is 6.62. The number of hydrogen-bond acceptors (Lipinski definition) is 6. The molecule has 2 heterocycles. The van der Waals surface area contributed by atoms with Crippen LogP contribution in [-0.4, -0.2) is 53.1 Å². The molecule has 2 aliphatic rings. The van der Waals surface area contributed by atoms with Crippen molar-refractivity contribution in [1.82, 2.24) is 14.3 Å². The number of hydrogen-bond donors (Lipinski definition) is 1. The van der Waals surface area contributed by atoms with Gasteiger partial charge in [0.15, 0.2) is 0 Å². The molecule has 2 atom stereocenters. The molecule has 6 heteroatoms. The Kier molecular flexibility index (Phi) is 3.50. The molecule has 5 nitrogen and oxygen atoms in total. The topological polar surface area (TPSA) is 50.3 Å². The van der Waals surface area contributed by atoms with Gasteiger partial charge in [-0.15, -0.1) is 0 Å². The smallest absolute Gasteiger partial charge is 0.202 e. The van der Waals surface area contributed by atoms with Gasteiger partial charge in [-0.05, 0) is 26.8 Å². The van der Waals surface area contributed by atoms with E-state index in [1.165, 1.54) is 24.4 Å². The van der Waals surface area contributed by atoms with E-state index >= 15 is 0 Å². The van der Waals surface area contributed by atoms with Gasteiger partial charge in [-0.1, -0.05) is 0 Å². The Hall–Kier alpha value is -0.720. The van der Waals surface area contributed by atoms with E-state index in [1.807, 2.05) is 0 Å². The molecular formula is C12H20N4OS. The number of anilines is 1. The van der Waals surface area contributed by atoms with Gasteiger partial charge >= 0.3 is 0 Å². The number of morpholine rings is 1. The standard InChI is InChI=1S/C12H20N4OS/c1-8(10-7-16(2)5-6-17-10)13-12-14-11(15-18-12)9-3-4-9/h8-10H,3-7H2,1-2H3,(H,13,14,15). The predicted molar refractivity (Wildman–Crippen MR) is 72.2 cm³/mol. The Morgan fingerprint density at radius 1 is 1.50 bits per heavy atom. The van der Waals surface area contributed by atoms with Gasteiger partial charge in [-0.25, -0.2) is 4.98 Å². The highest BCUT2D eigenvalue weighted by Gasteiger charge is 2.29. The molecule has 3 rings (SSSR count). The van der Waals surface area contributed by atoms with Crippen molar-refractivity contribution in [3.63, 3.8) is 0 Å². The summed E-state index contributed by atoms with van der Waals surface area (Å²) in [6, 6.07) is 0.271. The maximum atomic E-state index is 5.80. The average molecular weight is 268 g/mol. The molecule has 0 spiro atoms. The molecular weight excluding hydrogens is 248 g/mol.